The number of aromatic amines is 1. The Hall–Kier alpha value is -3.44. The molecule has 10 nitrogen and oxygen atoms in total. The smallest absolute Gasteiger partial charge is 0.248 e. The summed E-state index contributed by atoms with van der Waals surface area (Å²) in [5.74, 6) is 0.827. The second-order valence-corrected chi connectivity index (χ2v) is 6.98. The second-order valence-electron chi connectivity index (χ2n) is 5.46. The van der Waals surface area contributed by atoms with Crippen LogP contribution in [-0.4, -0.2) is 33.5 Å². The van der Waals surface area contributed by atoms with Crippen molar-refractivity contribution in [2.45, 2.75) is 4.90 Å². The molecule has 0 radical (unpaired) electrons. The number of rotatable bonds is 4. The molecule has 2 aromatic carbocycles. The normalized spacial score (nSPS) is 13.6. The lowest BCUT2D eigenvalue weighted by Gasteiger charge is -2.03. The van der Waals surface area contributed by atoms with E-state index in [1.165, 1.54) is 16.8 Å². The number of nitrogens with zero attached hydrogens (tertiary/aromatic N) is 4. The molecule has 0 saturated carbocycles. The molecule has 0 aliphatic rings. The monoisotopic (exact) mass is 370 g/mol. The van der Waals surface area contributed by atoms with Gasteiger partial charge in [0.1, 0.15) is 0 Å². The van der Waals surface area contributed by atoms with Gasteiger partial charge in [-0.3, -0.25) is 4.55 Å². The van der Waals surface area contributed by atoms with E-state index in [9.17, 15) is 8.76 Å². The Balaban J connectivity index is 1.62. The minimum absolute atomic E-state index is 0.0170. The highest BCUT2D eigenvalue weighted by atomic mass is 32.2. The number of nitrogens with one attached hydrogen (secondary N) is 3. The predicted octanol–water partition coefficient (Wildman–Crippen LogP) is 2.35. The lowest BCUT2D eigenvalue weighted by Crippen LogP contribution is -2.04. The Kier molecular flexibility index (Phi) is 3.60. The fourth-order valence-corrected chi connectivity index (χ4v) is 2.93. The van der Waals surface area contributed by atoms with Crippen LogP contribution >= 0.6 is 0 Å². The van der Waals surface area contributed by atoms with Gasteiger partial charge in [-0.25, -0.2) is 14.0 Å². The third-order valence-corrected chi connectivity index (χ3v) is 4.55. The molecule has 0 aliphatic heterocycles. The summed E-state index contributed by atoms with van der Waals surface area (Å²) in [5.41, 5.74) is 8.14. The van der Waals surface area contributed by atoms with Crippen molar-refractivity contribution >= 4 is 38.6 Å². The summed E-state index contributed by atoms with van der Waals surface area (Å²) < 4.78 is 29.0. The van der Waals surface area contributed by atoms with E-state index in [0.717, 1.165) is 11.0 Å². The first kappa shape index (κ1) is 16.1. The van der Waals surface area contributed by atoms with Gasteiger partial charge in [0.25, 0.3) is 0 Å². The molecule has 6 N–H and O–H groups in total. The summed E-state index contributed by atoms with van der Waals surface area (Å²) in [4.78, 5) is 11.7. The molecule has 4 rings (SSSR count). The highest BCUT2D eigenvalue weighted by Crippen LogP contribution is 2.20. The summed E-state index contributed by atoms with van der Waals surface area (Å²) in [7, 11) is -3.74. The van der Waals surface area contributed by atoms with Gasteiger partial charge < -0.3 is 16.0 Å². The van der Waals surface area contributed by atoms with Crippen LogP contribution in [-0.2, 0) is 10.0 Å². The number of nitrogens with two attached hydrogens (primary N) is 1. The highest BCUT2D eigenvalue weighted by molar-refractivity contribution is 7.86. The minimum atomic E-state index is -3.74. The molecule has 2 heterocycles. The van der Waals surface area contributed by atoms with Gasteiger partial charge in [0, 0.05) is 5.69 Å². The van der Waals surface area contributed by atoms with Crippen molar-refractivity contribution in [3.05, 3.63) is 48.5 Å². The van der Waals surface area contributed by atoms with Crippen molar-refractivity contribution in [1.29, 1.82) is 4.78 Å². The molecule has 0 bridgehead atoms. The highest BCUT2D eigenvalue weighted by Gasteiger charge is 2.13. The molecule has 132 valence electrons. The van der Waals surface area contributed by atoms with Gasteiger partial charge >= 0.3 is 0 Å². The van der Waals surface area contributed by atoms with Gasteiger partial charge in [0.05, 0.1) is 15.9 Å². The van der Waals surface area contributed by atoms with Gasteiger partial charge in [0.2, 0.25) is 17.8 Å². The number of hydrogen-bond acceptors (Lipinski definition) is 7. The molecule has 0 amide bonds. The Morgan fingerprint density at radius 1 is 1.15 bits per heavy atom. The molecular formula is C15H14N8O2S. The molecule has 1 unspecified atom stereocenters. The van der Waals surface area contributed by atoms with E-state index in [0.29, 0.717) is 11.6 Å². The number of anilines is 3. The summed E-state index contributed by atoms with van der Waals surface area (Å²) >= 11 is 0. The van der Waals surface area contributed by atoms with Crippen molar-refractivity contribution in [2.75, 3.05) is 11.1 Å². The van der Waals surface area contributed by atoms with Crippen molar-refractivity contribution < 1.29 is 8.76 Å². The van der Waals surface area contributed by atoms with Crippen LogP contribution in [0.15, 0.2) is 53.4 Å². The van der Waals surface area contributed by atoms with Gasteiger partial charge in [-0.05, 0) is 36.4 Å². The maximum Gasteiger partial charge on any atom is 0.248 e. The van der Waals surface area contributed by atoms with Crippen LogP contribution < -0.4 is 11.1 Å². The number of imidazole rings is 1. The standard InChI is InChI=1S/C15H14N8O2S/c16-13-21-14(18-9-5-7-10(8-6-9)26(17,24)25)22-23(13)15-19-11-3-1-2-4-12(11)20-15/h1-8H,(H,19,20)(H2,17,24,25)(H3,16,18,21,22). The number of benzene rings is 2. The molecular weight excluding hydrogens is 356 g/mol. The average molecular weight is 370 g/mol. The third-order valence-electron chi connectivity index (χ3n) is 3.64. The van der Waals surface area contributed by atoms with Gasteiger partial charge in [0.15, 0.2) is 10.0 Å². The van der Waals surface area contributed by atoms with E-state index >= 15 is 0 Å². The van der Waals surface area contributed by atoms with Crippen LogP contribution in [0.4, 0.5) is 17.6 Å². The third kappa shape index (κ3) is 2.96. The Morgan fingerprint density at radius 3 is 2.58 bits per heavy atom. The zero-order chi connectivity index (χ0) is 18.3. The quantitative estimate of drug-likeness (QED) is 0.368. The van der Waals surface area contributed by atoms with E-state index in [-0.39, 0.29) is 16.8 Å². The summed E-state index contributed by atoms with van der Waals surface area (Å²) in [6, 6.07) is 13.4. The van der Waals surface area contributed by atoms with Crippen molar-refractivity contribution in [2.24, 2.45) is 0 Å². The van der Waals surface area contributed by atoms with Crippen LogP contribution in [0.3, 0.4) is 0 Å². The van der Waals surface area contributed by atoms with E-state index in [4.69, 9.17) is 10.5 Å². The molecule has 26 heavy (non-hydrogen) atoms. The van der Waals surface area contributed by atoms with Crippen LogP contribution in [0.25, 0.3) is 17.0 Å². The van der Waals surface area contributed by atoms with Crippen LogP contribution in [0, 0.1) is 4.78 Å². The van der Waals surface area contributed by atoms with Crippen molar-refractivity contribution in [3.8, 4) is 5.95 Å². The molecule has 0 aliphatic carbocycles. The second kappa shape index (κ2) is 5.82. The maximum atomic E-state index is 11.3. The van der Waals surface area contributed by atoms with Crippen LogP contribution in [0.5, 0.6) is 0 Å². The molecule has 4 aromatic rings. The van der Waals surface area contributed by atoms with E-state index in [1.807, 2.05) is 24.3 Å². The number of H-pyrrole nitrogens is 1. The SMILES string of the molecule is N=S(=O)(O)c1ccc(Nc2nc(N)n(-c3nc4ccccc4[nH]3)n2)cc1. The summed E-state index contributed by atoms with van der Waals surface area (Å²) in [6.07, 6.45) is 0. The largest absolute Gasteiger partial charge is 0.368 e. The number of fused-ring (bicyclic) bond motifs is 1. The number of hydrogen-bond donors (Lipinski definition) is 5. The first-order valence-electron chi connectivity index (χ1n) is 7.46. The maximum absolute atomic E-state index is 11.3. The lowest BCUT2D eigenvalue weighted by molar-refractivity contribution is 0.548. The van der Waals surface area contributed by atoms with Crippen LogP contribution in [0.1, 0.15) is 0 Å². The first-order valence-corrected chi connectivity index (χ1v) is 8.98. The Bertz CT molecular complexity index is 1160. The summed E-state index contributed by atoms with van der Waals surface area (Å²) in [6.45, 7) is 0. The van der Waals surface area contributed by atoms with Gasteiger partial charge in [-0.15, -0.1) is 5.10 Å². The molecule has 11 heteroatoms. The molecule has 0 fully saturated rings. The van der Waals surface area contributed by atoms with Crippen molar-refractivity contribution in [1.82, 2.24) is 24.7 Å². The molecule has 1 atom stereocenters. The average Bonchev–Trinajstić information content (AvgIpc) is 3.17. The van der Waals surface area contributed by atoms with Crippen LogP contribution in [0.2, 0.25) is 0 Å². The number of para-hydroxylation sites is 2. The first-order chi connectivity index (χ1) is 12.4. The number of aromatic nitrogens is 5. The van der Waals surface area contributed by atoms with Crippen molar-refractivity contribution in [3.63, 3.8) is 0 Å². The van der Waals surface area contributed by atoms with E-state index in [1.54, 1.807) is 12.1 Å². The molecule has 2 aromatic heterocycles. The lowest BCUT2D eigenvalue weighted by atomic mass is 10.3. The van der Waals surface area contributed by atoms with Gasteiger partial charge in [-0.1, -0.05) is 12.1 Å². The van der Waals surface area contributed by atoms with Gasteiger partial charge in [-0.2, -0.15) is 9.67 Å². The van der Waals surface area contributed by atoms with E-state index < -0.39 is 10.0 Å². The topological polar surface area (TPSA) is 159 Å². The van der Waals surface area contributed by atoms with E-state index in [2.05, 4.69) is 25.4 Å². The Labute approximate surface area is 147 Å². The fraction of sp³-hybridized carbons (Fsp3) is 0. The fourth-order valence-electron chi connectivity index (χ4n) is 2.42. The zero-order valence-corrected chi connectivity index (χ0v) is 14.1. The predicted molar refractivity (Wildman–Crippen MR) is 96.9 cm³/mol. The molecule has 0 spiro atoms. The Morgan fingerprint density at radius 2 is 1.88 bits per heavy atom. The molecule has 0 saturated heterocycles. The summed E-state index contributed by atoms with van der Waals surface area (Å²) in [5, 5.41) is 7.22. The number of nitrogen functional groups attached to an aromatic ring is 1. The minimum Gasteiger partial charge on any atom is -0.368 e. The zero-order valence-electron chi connectivity index (χ0n) is 13.2.